The van der Waals surface area contributed by atoms with Crippen molar-refractivity contribution in [2.45, 2.75) is 13.0 Å². The number of imidazole rings is 1. The zero-order chi connectivity index (χ0) is 18.1. The van der Waals surface area contributed by atoms with Gasteiger partial charge in [0.05, 0.1) is 0 Å². The Morgan fingerprint density at radius 1 is 1.31 bits per heavy atom. The molecule has 0 aliphatic carbocycles. The van der Waals surface area contributed by atoms with Crippen LogP contribution < -0.4 is 5.32 Å². The van der Waals surface area contributed by atoms with E-state index in [0.717, 1.165) is 17.9 Å². The Bertz CT molecular complexity index is 915. The molecule has 0 bridgehead atoms. The van der Waals surface area contributed by atoms with Crippen molar-refractivity contribution in [1.82, 2.24) is 24.8 Å². The summed E-state index contributed by atoms with van der Waals surface area (Å²) in [6.07, 6.45) is 3.64. The van der Waals surface area contributed by atoms with Crippen LogP contribution in [0.3, 0.4) is 0 Å². The van der Waals surface area contributed by atoms with E-state index >= 15 is 0 Å². The molecule has 0 spiro atoms. The van der Waals surface area contributed by atoms with E-state index in [2.05, 4.69) is 15.3 Å². The van der Waals surface area contributed by atoms with E-state index in [9.17, 15) is 4.79 Å². The van der Waals surface area contributed by atoms with Crippen molar-refractivity contribution in [3.63, 3.8) is 0 Å². The van der Waals surface area contributed by atoms with E-state index in [1.54, 1.807) is 13.1 Å². The highest BCUT2D eigenvalue weighted by molar-refractivity contribution is 5.94. The molecule has 2 aromatic heterocycles. The van der Waals surface area contributed by atoms with Crippen LogP contribution in [0.4, 0.5) is 0 Å². The molecule has 1 aliphatic rings. The number of rotatable bonds is 3. The predicted octanol–water partition coefficient (Wildman–Crippen LogP) is 2.17. The van der Waals surface area contributed by atoms with E-state index in [-0.39, 0.29) is 11.9 Å². The summed E-state index contributed by atoms with van der Waals surface area (Å²) in [5.74, 6) is 1.74. The van der Waals surface area contributed by atoms with Gasteiger partial charge >= 0.3 is 0 Å². The summed E-state index contributed by atoms with van der Waals surface area (Å²) >= 11 is 0. The lowest BCUT2D eigenvalue weighted by Gasteiger charge is -2.35. The van der Waals surface area contributed by atoms with Gasteiger partial charge in [0.25, 0.3) is 5.91 Å². The van der Waals surface area contributed by atoms with Crippen LogP contribution in [0.2, 0.25) is 0 Å². The lowest BCUT2D eigenvalue weighted by atomic mass is 10.1. The molecule has 1 unspecified atom stereocenters. The normalized spacial score (nSPS) is 17.5. The number of nitrogens with one attached hydrogen (secondary N) is 1. The van der Waals surface area contributed by atoms with Gasteiger partial charge in [0, 0.05) is 44.6 Å². The highest BCUT2D eigenvalue weighted by atomic mass is 16.4. The largest absolute Gasteiger partial charge is 0.441 e. The minimum absolute atomic E-state index is 0.122. The number of oxazole rings is 1. The van der Waals surface area contributed by atoms with Crippen molar-refractivity contribution in [2.75, 3.05) is 19.6 Å². The number of carbonyl (C=O) groups excluding carboxylic acids is 1. The maximum Gasteiger partial charge on any atom is 0.276 e. The molecule has 1 atom stereocenters. The molecular weight excluding hydrogens is 330 g/mol. The summed E-state index contributed by atoms with van der Waals surface area (Å²) in [6, 6.07) is 9.48. The number of piperazine rings is 1. The zero-order valence-electron chi connectivity index (χ0n) is 14.8. The second-order valence-electron chi connectivity index (χ2n) is 6.40. The van der Waals surface area contributed by atoms with E-state index in [0.29, 0.717) is 30.4 Å². The molecule has 0 radical (unpaired) electrons. The van der Waals surface area contributed by atoms with Crippen LogP contribution in [-0.2, 0) is 7.05 Å². The van der Waals surface area contributed by atoms with Gasteiger partial charge in [-0.05, 0) is 19.1 Å². The summed E-state index contributed by atoms with van der Waals surface area (Å²) in [6.45, 7) is 3.79. The lowest BCUT2D eigenvalue weighted by molar-refractivity contribution is 0.0613. The van der Waals surface area contributed by atoms with Gasteiger partial charge in [0.1, 0.15) is 17.6 Å². The van der Waals surface area contributed by atoms with Gasteiger partial charge in [-0.2, -0.15) is 0 Å². The second kappa shape index (κ2) is 6.76. The Balaban J connectivity index is 1.66. The van der Waals surface area contributed by atoms with Crippen molar-refractivity contribution in [1.29, 1.82) is 0 Å². The van der Waals surface area contributed by atoms with E-state index in [1.165, 1.54) is 0 Å². The first-order chi connectivity index (χ1) is 12.6. The molecule has 7 heteroatoms. The van der Waals surface area contributed by atoms with Gasteiger partial charge in [0.2, 0.25) is 5.89 Å². The third-order valence-corrected chi connectivity index (χ3v) is 4.68. The molecule has 4 rings (SSSR count). The minimum atomic E-state index is -0.132. The maximum absolute atomic E-state index is 13.2. The molecule has 1 fully saturated rings. The Kier molecular flexibility index (Phi) is 4.30. The predicted molar refractivity (Wildman–Crippen MR) is 96.5 cm³/mol. The highest BCUT2D eigenvalue weighted by Crippen LogP contribution is 2.26. The number of aromatic nitrogens is 3. The molecular formula is C19H21N5O2. The fraction of sp³-hybridized carbons (Fsp3) is 0.316. The molecule has 26 heavy (non-hydrogen) atoms. The number of amides is 1. The quantitative estimate of drug-likeness (QED) is 0.783. The van der Waals surface area contributed by atoms with Crippen LogP contribution in [-0.4, -0.2) is 45.0 Å². The number of benzene rings is 1. The fourth-order valence-electron chi connectivity index (χ4n) is 3.31. The summed E-state index contributed by atoms with van der Waals surface area (Å²) in [4.78, 5) is 24.0. The van der Waals surface area contributed by atoms with Gasteiger partial charge in [-0.3, -0.25) is 4.79 Å². The molecule has 3 aromatic rings. The van der Waals surface area contributed by atoms with Crippen molar-refractivity contribution in [3.8, 4) is 11.5 Å². The Labute approximate surface area is 151 Å². The van der Waals surface area contributed by atoms with E-state index in [1.807, 2.05) is 53.0 Å². The highest BCUT2D eigenvalue weighted by Gasteiger charge is 2.33. The van der Waals surface area contributed by atoms with Gasteiger partial charge < -0.3 is 19.2 Å². The number of hydrogen-bond donors (Lipinski definition) is 1. The van der Waals surface area contributed by atoms with Gasteiger partial charge in [0.15, 0.2) is 5.69 Å². The molecule has 1 amide bonds. The number of carbonyl (C=O) groups is 1. The number of aryl methyl sites for hydroxylation is 2. The van der Waals surface area contributed by atoms with E-state index in [4.69, 9.17) is 4.42 Å². The van der Waals surface area contributed by atoms with Crippen LogP contribution in [0.1, 0.15) is 28.1 Å². The average Bonchev–Trinajstić information content (AvgIpc) is 3.27. The van der Waals surface area contributed by atoms with Crippen molar-refractivity contribution in [2.24, 2.45) is 7.05 Å². The Morgan fingerprint density at radius 3 is 2.85 bits per heavy atom. The molecule has 0 saturated carbocycles. The smallest absolute Gasteiger partial charge is 0.276 e. The number of hydrogen-bond acceptors (Lipinski definition) is 5. The van der Waals surface area contributed by atoms with Crippen LogP contribution in [0.15, 0.2) is 47.1 Å². The average molecular weight is 351 g/mol. The topological polar surface area (TPSA) is 76.2 Å². The lowest BCUT2D eigenvalue weighted by Crippen LogP contribution is -2.49. The second-order valence-corrected chi connectivity index (χ2v) is 6.40. The number of nitrogens with zero attached hydrogens (tertiary/aromatic N) is 4. The van der Waals surface area contributed by atoms with E-state index < -0.39 is 0 Å². The molecule has 134 valence electrons. The summed E-state index contributed by atoms with van der Waals surface area (Å²) in [5.41, 5.74) is 1.22. The van der Waals surface area contributed by atoms with Crippen LogP contribution >= 0.6 is 0 Å². The first-order valence-corrected chi connectivity index (χ1v) is 8.67. The molecule has 1 N–H and O–H groups in total. The van der Waals surface area contributed by atoms with Crippen LogP contribution in [0.25, 0.3) is 11.5 Å². The Hall–Kier alpha value is -2.93. The monoisotopic (exact) mass is 351 g/mol. The van der Waals surface area contributed by atoms with Crippen molar-refractivity contribution >= 4 is 5.91 Å². The third-order valence-electron chi connectivity index (χ3n) is 4.68. The first kappa shape index (κ1) is 16.5. The van der Waals surface area contributed by atoms with Gasteiger partial charge in [-0.25, -0.2) is 9.97 Å². The molecule has 1 saturated heterocycles. The summed E-state index contributed by atoms with van der Waals surface area (Å²) in [7, 11) is 1.94. The minimum Gasteiger partial charge on any atom is -0.441 e. The summed E-state index contributed by atoms with van der Waals surface area (Å²) in [5, 5.41) is 3.34. The third kappa shape index (κ3) is 2.90. The standard InChI is InChI=1S/C19H21N5O2/c1-13-16(22-18(26-13)14-6-4-3-5-7-14)19(25)24-11-8-20-12-15(24)17-21-9-10-23(17)2/h3-7,9-10,15,20H,8,11-12H2,1-2H3. The van der Waals surface area contributed by atoms with Gasteiger partial charge in [-0.1, -0.05) is 18.2 Å². The molecule has 3 heterocycles. The van der Waals surface area contributed by atoms with Crippen molar-refractivity contribution in [3.05, 3.63) is 60.0 Å². The Morgan fingerprint density at radius 2 is 2.12 bits per heavy atom. The SMILES string of the molecule is Cc1oc(-c2ccccc2)nc1C(=O)N1CCNCC1c1nccn1C. The van der Waals surface area contributed by atoms with Crippen LogP contribution in [0.5, 0.6) is 0 Å². The molecule has 1 aromatic carbocycles. The zero-order valence-corrected chi connectivity index (χ0v) is 14.8. The van der Waals surface area contributed by atoms with Gasteiger partial charge in [-0.15, -0.1) is 0 Å². The molecule has 1 aliphatic heterocycles. The first-order valence-electron chi connectivity index (χ1n) is 8.67. The van der Waals surface area contributed by atoms with Crippen molar-refractivity contribution < 1.29 is 9.21 Å². The maximum atomic E-state index is 13.2. The summed E-state index contributed by atoms with van der Waals surface area (Å²) < 4.78 is 7.71. The fourth-order valence-corrected chi connectivity index (χ4v) is 3.31. The van der Waals surface area contributed by atoms with Crippen LogP contribution in [0, 0.1) is 6.92 Å². The molecule has 7 nitrogen and oxygen atoms in total.